The summed E-state index contributed by atoms with van der Waals surface area (Å²) >= 11 is 6.21. The van der Waals surface area contributed by atoms with E-state index in [1.165, 1.54) is 11.9 Å². The third kappa shape index (κ3) is 3.36. The highest BCUT2D eigenvalue weighted by atomic mass is 35.5. The molecule has 1 N–H and O–H groups in total. The Balaban J connectivity index is 1.37. The molecule has 0 unspecified atom stereocenters. The number of hydrogen-bond acceptors (Lipinski definition) is 6. The van der Waals surface area contributed by atoms with Crippen LogP contribution in [0.2, 0.25) is 5.02 Å². The van der Waals surface area contributed by atoms with Crippen LogP contribution in [0.4, 0.5) is 0 Å². The number of rotatable bonds is 3. The molecule has 0 atom stereocenters. The van der Waals surface area contributed by atoms with Gasteiger partial charge >= 0.3 is 0 Å². The van der Waals surface area contributed by atoms with Crippen molar-refractivity contribution in [2.75, 3.05) is 0 Å². The van der Waals surface area contributed by atoms with E-state index in [2.05, 4.69) is 36.1 Å². The van der Waals surface area contributed by atoms with Crippen LogP contribution in [0.15, 0.2) is 36.8 Å². The number of nitrogens with one attached hydrogen (secondary N) is 1. The largest absolute Gasteiger partial charge is 0.474 e. The SMILES string of the molecule is Clc1ccc2c(c1)CNCc1nnc([C@H]3CC[C@H](Oc4ccncn4)CC3)n1-2. The second-order valence-corrected chi connectivity index (χ2v) is 7.76. The van der Waals surface area contributed by atoms with E-state index in [4.69, 9.17) is 16.3 Å². The molecular weight excluding hydrogens is 376 g/mol. The van der Waals surface area contributed by atoms with E-state index in [0.29, 0.717) is 18.3 Å². The summed E-state index contributed by atoms with van der Waals surface area (Å²) in [6.45, 7) is 1.48. The molecule has 28 heavy (non-hydrogen) atoms. The number of fused-ring (bicyclic) bond motifs is 3. The number of benzene rings is 1. The van der Waals surface area contributed by atoms with Gasteiger partial charge < -0.3 is 10.1 Å². The molecule has 3 heterocycles. The predicted octanol–water partition coefficient (Wildman–Crippen LogP) is 3.42. The summed E-state index contributed by atoms with van der Waals surface area (Å²) in [7, 11) is 0. The fourth-order valence-corrected chi connectivity index (χ4v) is 4.35. The van der Waals surface area contributed by atoms with Gasteiger partial charge in [0.05, 0.1) is 12.2 Å². The minimum Gasteiger partial charge on any atom is -0.474 e. The molecule has 1 saturated carbocycles. The van der Waals surface area contributed by atoms with Gasteiger partial charge in [-0.1, -0.05) is 11.6 Å². The average molecular weight is 397 g/mol. The van der Waals surface area contributed by atoms with E-state index in [9.17, 15) is 0 Å². The van der Waals surface area contributed by atoms with Crippen LogP contribution in [0.3, 0.4) is 0 Å². The molecule has 5 rings (SSSR count). The third-order valence-corrected chi connectivity index (χ3v) is 5.75. The van der Waals surface area contributed by atoms with Crippen molar-refractivity contribution in [3.63, 3.8) is 0 Å². The van der Waals surface area contributed by atoms with Crippen LogP contribution in [-0.4, -0.2) is 30.8 Å². The van der Waals surface area contributed by atoms with Gasteiger partial charge in [0.25, 0.3) is 0 Å². The fraction of sp³-hybridized carbons (Fsp3) is 0.400. The summed E-state index contributed by atoms with van der Waals surface area (Å²) in [6.07, 6.45) is 7.39. The van der Waals surface area contributed by atoms with Crippen LogP contribution in [0, 0.1) is 0 Å². The molecule has 1 aliphatic heterocycles. The van der Waals surface area contributed by atoms with Crippen molar-refractivity contribution >= 4 is 11.6 Å². The Hall–Kier alpha value is -2.51. The summed E-state index contributed by atoms with van der Waals surface area (Å²) in [6, 6.07) is 7.84. The topological polar surface area (TPSA) is 77.8 Å². The van der Waals surface area contributed by atoms with Crippen molar-refractivity contribution in [1.82, 2.24) is 30.0 Å². The van der Waals surface area contributed by atoms with Crippen molar-refractivity contribution in [2.24, 2.45) is 0 Å². The Morgan fingerprint density at radius 3 is 2.79 bits per heavy atom. The van der Waals surface area contributed by atoms with E-state index < -0.39 is 0 Å². The zero-order chi connectivity index (χ0) is 18.9. The smallest absolute Gasteiger partial charge is 0.216 e. The zero-order valence-electron chi connectivity index (χ0n) is 15.4. The Bertz CT molecular complexity index is 968. The molecule has 0 saturated heterocycles. The fourth-order valence-electron chi connectivity index (χ4n) is 4.15. The molecule has 0 amide bonds. The predicted molar refractivity (Wildman–Crippen MR) is 105 cm³/mol. The molecule has 1 aliphatic carbocycles. The maximum atomic E-state index is 6.21. The summed E-state index contributed by atoms with van der Waals surface area (Å²) in [5.74, 6) is 3.01. The number of halogens is 1. The minimum atomic E-state index is 0.186. The summed E-state index contributed by atoms with van der Waals surface area (Å²) in [5.41, 5.74) is 2.30. The van der Waals surface area contributed by atoms with E-state index in [0.717, 1.165) is 54.6 Å². The Morgan fingerprint density at radius 2 is 1.96 bits per heavy atom. The molecule has 2 aromatic heterocycles. The van der Waals surface area contributed by atoms with Gasteiger partial charge in [0.1, 0.15) is 18.3 Å². The number of aromatic nitrogens is 5. The highest BCUT2D eigenvalue weighted by Gasteiger charge is 2.30. The molecule has 144 valence electrons. The monoisotopic (exact) mass is 396 g/mol. The Morgan fingerprint density at radius 1 is 1.07 bits per heavy atom. The van der Waals surface area contributed by atoms with Gasteiger partial charge in [-0.15, -0.1) is 10.2 Å². The third-order valence-electron chi connectivity index (χ3n) is 5.52. The molecule has 1 fully saturated rings. The lowest BCUT2D eigenvalue weighted by Gasteiger charge is -2.28. The van der Waals surface area contributed by atoms with E-state index in [-0.39, 0.29) is 6.10 Å². The lowest BCUT2D eigenvalue weighted by atomic mass is 9.86. The van der Waals surface area contributed by atoms with Crippen LogP contribution < -0.4 is 10.1 Å². The van der Waals surface area contributed by atoms with E-state index >= 15 is 0 Å². The Kier molecular flexibility index (Phi) is 4.70. The van der Waals surface area contributed by atoms with E-state index in [1.54, 1.807) is 12.3 Å². The first-order valence-corrected chi connectivity index (χ1v) is 10.0. The van der Waals surface area contributed by atoms with Gasteiger partial charge in [0.2, 0.25) is 5.88 Å². The molecule has 0 spiro atoms. The van der Waals surface area contributed by atoms with Gasteiger partial charge in [0, 0.05) is 29.7 Å². The van der Waals surface area contributed by atoms with Crippen LogP contribution in [-0.2, 0) is 13.1 Å². The second-order valence-electron chi connectivity index (χ2n) is 7.33. The van der Waals surface area contributed by atoms with Crippen LogP contribution in [0.5, 0.6) is 5.88 Å². The number of hydrogen-bond donors (Lipinski definition) is 1. The summed E-state index contributed by atoms with van der Waals surface area (Å²) in [5, 5.41) is 13.2. The zero-order valence-corrected chi connectivity index (χ0v) is 16.1. The number of nitrogens with zero attached hydrogens (tertiary/aromatic N) is 5. The van der Waals surface area contributed by atoms with Crippen molar-refractivity contribution in [1.29, 1.82) is 0 Å². The summed E-state index contributed by atoms with van der Waals surface area (Å²) in [4.78, 5) is 8.10. The van der Waals surface area contributed by atoms with Gasteiger partial charge in [-0.2, -0.15) is 0 Å². The average Bonchev–Trinajstić information content (AvgIpc) is 3.05. The standard InChI is InChI=1S/C20H21ClN6O/c21-15-3-6-17-14(9-15)10-23-11-18-25-26-20(27(17)18)13-1-4-16(5-2-13)28-19-7-8-22-12-24-19/h3,6-9,12-13,16,23H,1-2,4-5,10-11H2/t13-,16-. The highest BCUT2D eigenvalue weighted by Crippen LogP contribution is 2.36. The van der Waals surface area contributed by atoms with Crippen LogP contribution >= 0.6 is 11.6 Å². The maximum Gasteiger partial charge on any atom is 0.216 e. The maximum absolute atomic E-state index is 6.21. The first-order chi connectivity index (χ1) is 13.8. The quantitative estimate of drug-likeness (QED) is 0.730. The van der Waals surface area contributed by atoms with Crippen molar-refractivity contribution < 1.29 is 4.74 Å². The molecule has 0 bridgehead atoms. The first-order valence-electron chi connectivity index (χ1n) is 9.64. The molecule has 7 nitrogen and oxygen atoms in total. The first kappa shape index (κ1) is 17.6. The molecule has 3 aromatic rings. The van der Waals surface area contributed by atoms with Gasteiger partial charge in [-0.25, -0.2) is 9.97 Å². The van der Waals surface area contributed by atoms with Crippen molar-refractivity contribution in [2.45, 2.75) is 50.8 Å². The lowest BCUT2D eigenvalue weighted by Crippen LogP contribution is -2.25. The minimum absolute atomic E-state index is 0.186. The highest BCUT2D eigenvalue weighted by molar-refractivity contribution is 6.30. The second kappa shape index (κ2) is 7.48. The van der Waals surface area contributed by atoms with Crippen LogP contribution in [0.1, 0.15) is 48.8 Å². The number of ether oxygens (including phenoxy) is 1. The molecule has 0 radical (unpaired) electrons. The van der Waals surface area contributed by atoms with Crippen molar-refractivity contribution in [3.05, 3.63) is 59.0 Å². The molecular formula is C20H21ClN6O. The van der Waals surface area contributed by atoms with Crippen molar-refractivity contribution in [3.8, 4) is 11.6 Å². The molecule has 2 aliphatic rings. The Labute approximate surface area is 168 Å². The van der Waals surface area contributed by atoms with Crippen LogP contribution in [0.25, 0.3) is 5.69 Å². The molecule has 8 heteroatoms. The normalized spacial score (nSPS) is 21.5. The van der Waals surface area contributed by atoms with Gasteiger partial charge in [-0.3, -0.25) is 4.57 Å². The molecule has 1 aromatic carbocycles. The van der Waals surface area contributed by atoms with E-state index in [1.807, 2.05) is 12.1 Å². The van der Waals surface area contributed by atoms with Gasteiger partial charge in [0.15, 0.2) is 5.82 Å². The lowest BCUT2D eigenvalue weighted by molar-refractivity contribution is 0.138. The van der Waals surface area contributed by atoms with Gasteiger partial charge in [-0.05, 0) is 49.4 Å². The summed E-state index contributed by atoms with van der Waals surface area (Å²) < 4.78 is 8.23.